The van der Waals surface area contributed by atoms with Gasteiger partial charge in [0, 0.05) is 31.9 Å². The fraction of sp³-hybridized carbons (Fsp3) is 0.625. The molecule has 2 heterocycles. The summed E-state index contributed by atoms with van der Waals surface area (Å²) < 4.78 is 5.69. The second kappa shape index (κ2) is 7.56. The molecule has 1 amide bonds. The highest BCUT2D eigenvalue weighted by atomic mass is 16.5. The van der Waals surface area contributed by atoms with E-state index in [0.717, 1.165) is 31.7 Å². The number of aryl methyl sites for hydroxylation is 1. The van der Waals surface area contributed by atoms with Crippen molar-refractivity contribution in [3.63, 3.8) is 0 Å². The molecule has 0 aromatic carbocycles. The first-order valence-corrected chi connectivity index (χ1v) is 7.81. The first-order valence-electron chi connectivity index (χ1n) is 7.81. The number of carbonyl (C=O) groups excluding carboxylic acids is 1. The summed E-state index contributed by atoms with van der Waals surface area (Å²) in [6.45, 7) is 9.27. The van der Waals surface area contributed by atoms with Crippen LogP contribution in [0.15, 0.2) is 16.9 Å². The van der Waals surface area contributed by atoms with Gasteiger partial charge in [-0.1, -0.05) is 0 Å². The van der Waals surface area contributed by atoms with E-state index in [1.807, 2.05) is 0 Å². The van der Waals surface area contributed by atoms with E-state index in [1.54, 1.807) is 19.1 Å². The maximum absolute atomic E-state index is 12.0. The number of rotatable bonds is 5. The molecule has 1 aliphatic rings. The number of H-pyrrole nitrogens is 1. The Bertz CT molecular complexity index is 560. The standard InChI is InChI=1S/C16H25N3O3/c1-11-5-6-14(16(21)18-11)15(20)17-7-4-8-19-9-12(2)22-13(3)10-19/h5-6,12-13H,4,7-10H2,1-3H3,(H,17,20)(H,18,21). The molecule has 1 aromatic rings. The molecule has 0 radical (unpaired) electrons. The number of nitrogens with zero attached hydrogens (tertiary/aromatic N) is 1. The lowest BCUT2D eigenvalue weighted by atomic mass is 10.2. The highest BCUT2D eigenvalue weighted by molar-refractivity contribution is 5.93. The maximum Gasteiger partial charge on any atom is 0.260 e. The van der Waals surface area contributed by atoms with Crippen LogP contribution < -0.4 is 10.9 Å². The van der Waals surface area contributed by atoms with E-state index in [2.05, 4.69) is 29.0 Å². The van der Waals surface area contributed by atoms with Gasteiger partial charge in [-0.3, -0.25) is 14.5 Å². The van der Waals surface area contributed by atoms with E-state index in [4.69, 9.17) is 4.74 Å². The second-order valence-corrected chi connectivity index (χ2v) is 6.01. The number of pyridine rings is 1. The number of carbonyl (C=O) groups is 1. The SMILES string of the molecule is Cc1ccc(C(=O)NCCCN2CC(C)OC(C)C2)c(=O)[nH]1. The summed E-state index contributed by atoms with van der Waals surface area (Å²) in [6.07, 6.45) is 1.36. The van der Waals surface area contributed by atoms with Gasteiger partial charge in [-0.2, -0.15) is 0 Å². The second-order valence-electron chi connectivity index (χ2n) is 6.01. The Kier molecular flexibility index (Phi) is 5.74. The molecule has 2 atom stereocenters. The molecule has 2 unspecified atom stereocenters. The Morgan fingerprint density at radius 1 is 1.36 bits per heavy atom. The smallest absolute Gasteiger partial charge is 0.260 e. The Morgan fingerprint density at radius 2 is 2.05 bits per heavy atom. The molecule has 22 heavy (non-hydrogen) atoms. The molecular weight excluding hydrogens is 282 g/mol. The minimum Gasteiger partial charge on any atom is -0.373 e. The molecule has 0 spiro atoms. The molecule has 1 saturated heterocycles. The van der Waals surface area contributed by atoms with E-state index in [9.17, 15) is 9.59 Å². The number of morpholine rings is 1. The van der Waals surface area contributed by atoms with Crippen molar-refractivity contribution < 1.29 is 9.53 Å². The minimum absolute atomic E-state index is 0.166. The van der Waals surface area contributed by atoms with Crippen molar-refractivity contribution in [2.75, 3.05) is 26.2 Å². The molecule has 1 aromatic heterocycles. The van der Waals surface area contributed by atoms with Gasteiger partial charge in [-0.15, -0.1) is 0 Å². The molecule has 6 heteroatoms. The number of ether oxygens (including phenoxy) is 1. The first-order chi connectivity index (χ1) is 10.5. The Labute approximate surface area is 130 Å². The fourth-order valence-electron chi connectivity index (χ4n) is 2.82. The van der Waals surface area contributed by atoms with Crippen molar-refractivity contribution in [3.05, 3.63) is 33.7 Å². The van der Waals surface area contributed by atoms with E-state index in [1.165, 1.54) is 0 Å². The monoisotopic (exact) mass is 307 g/mol. The number of hydrogen-bond donors (Lipinski definition) is 2. The van der Waals surface area contributed by atoms with Gasteiger partial charge >= 0.3 is 0 Å². The van der Waals surface area contributed by atoms with Gasteiger partial charge in [0.15, 0.2) is 0 Å². The van der Waals surface area contributed by atoms with Gasteiger partial charge < -0.3 is 15.0 Å². The zero-order valence-corrected chi connectivity index (χ0v) is 13.5. The quantitative estimate of drug-likeness (QED) is 0.793. The van der Waals surface area contributed by atoms with Crippen LogP contribution >= 0.6 is 0 Å². The minimum atomic E-state index is -0.340. The van der Waals surface area contributed by atoms with Crippen LogP contribution in [0.2, 0.25) is 0 Å². The third kappa shape index (κ3) is 4.68. The average molecular weight is 307 g/mol. The van der Waals surface area contributed by atoms with Crippen LogP contribution in [-0.2, 0) is 4.74 Å². The van der Waals surface area contributed by atoms with Gasteiger partial charge in [0.1, 0.15) is 5.56 Å². The van der Waals surface area contributed by atoms with E-state index >= 15 is 0 Å². The maximum atomic E-state index is 12.0. The van der Waals surface area contributed by atoms with Crippen LogP contribution in [0.1, 0.15) is 36.3 Å². The van der Waals surface area contributed by atoms with Crippen molar-refractivity contribution in [3.8, 4) is 0 Å². The van der Waals surface area contributed by atoms with E-state index < -0.39 is 0 Å². The molecular formula is C16H25N3O3. The zero-order chi connectivity index (χ0) is 16.1. The lowest BCUT2D eigenvalue weighted by Gasteiger charge is -2.35. The molecule has 2 N–H and O–H groups in total. The summed E-state index contributed by atoms with van der Waals surface area (Å²) in [5.41, 5.74) is 0.574. The van der Waals surface area contributed by atoms with Gasteiger partial charge in [-0.25, -0.2) is 0 Å². The number of amides is 1. The summed E-state index contributed by atoms with van der Waals surface area (Å²) in [4.78, 5) is 28.6. The normalized spacial score (nSPS) is 22.5. The highest BCUT2D eigenvalue weighted by Crippen LogP contribution is 2.10. The van der Waals surface area contributed by atoms with E-state index in [0.29, 0.717) is 6.54 Å². The van der Waals surface area contributed by atoms with Crippen molar-refractivity contribution in [2.24, 2.45) is 0 Å². The topological polar surface area (TPSA) is 74.4 Å². The lowest BCUT2D eigenvalue weighted by molar-refractivity contribution is -0.0679. The average Bonchev–Trinajstić information content (AvgIpc) is 2.42. The number of aromatic nitrogens is 1. The summed E-state index contributed by atoms with van der Waals surface area (Å²) in [5, 5.41) is 2.80. The largest absolute Gasteiger partial charge is 0.373 e. The number of nitrogens with one attached hydrogen (secondary N) is 2. The van der Waals surface area contributed by atoms with Crippen LogP contribution in [0, 0.1) is 6.92 Å². The molecule has 122 valence electrons. The molecule has 0 saturated carbocycles. The highest BCUT2D eigenvalue weighted by Gasteiger charge is 2.21. The molecule has 0 aliphatic carbocycles. The third-order valence-corrected chi connectivity index (χ3v) is 3.73. The van der Waals surface area contributed by atoms with Gasteiger partial charge in [0.05, 0.1) is 12.2 Å². The zero-order valence-electron chi connectivity index (χ0n) is 13.5. The van der Waals surface area contributed by atoms with Crippen LogP contribution in [-0.4, -0.2) is 54.2 Å². The van der Waals surface area contributed by atoms with Gasteiger partial charge in [0.2, 0.25) is 0 Å². The van der Waals surface area contributed by atoms with Crippen LogP contribution in [0.5, 0.6) is 0 Å². The summed E-state index contributed by atoms with van der Waals surface area (Å²) >= 11 is 0. The summed E-state index contributed by atoms with van der Waals surface area (Å²) in [5.74, 6) is -0.315. The predicted molar refractivity (Wildman–Crippen MR) is 85.2 cm³/mol. The van der Waals surface area contributed by atoms with Crippen LogP contribution in [0.25, 0.3) is 0 Å². The molecule has 1 fully saturated rings. The van der Waals surface area contributed by atoms with Gasteiger partial charge in [-0.05, 0) is 39.3 Å². The summed E-state index contributed by atoms with van der Waals surface area (Å²) in [7, 11) is 0. The molecule has 1 aliphatic heterocycles. The van der Waals surface area contributed by atoms with Crippen molar-refractivity contribution in [2.45, 2.75) is 39.4 Å². The van der Waals surface area contributed by atoms with Crippen LogP contribution in [0.3, 0.4) is 0 Å². The summed E-state index contributed by atoms with van der Waals surface area (Å²) in [6, 6.07) is 3.29. The Hall–Kier alpha value is -1.66. The Balaban J connectivity index is 1.74. The lowest BCUT2D eigenvalue weighted by Crippen LogP contribution is -2.46. The molecule has 0 bridgehead atoms. The predicted octanol–water partition coefficient (Wildman–Crippen LogP) is 0.912. The first kappa shape index (κ1) is 16.7. The third-order valence-electron chi connectivity index (χ3n) is 3.73. The fourth-order valence-corrected chi connectivity index (χ4v) is 2.82. The Morgan fingerprint density at radius 3 is 2.68 bits per heavy atom. The van der Waals surface area contributed by atoms with E-state index in [-0.39, 0.29) is 29.2 Å². The number of aromatic amines is 1. The van der Waals surface area contributed by atoms with Crippen molar-refractivity contribution in [1.29, 1.82) is 0 Å². The van der Waals surface area contributed by atoms with Gasteiger partial charge in [0.25, 0.3) is 11.5 Å². The number of hydrogen-bond acceptors (Lipinski definition) is 4. The van der Waals surface area contributed by atoms with Crippen molar-refractivity contribution >= 4 is 5.91 Å². The molecule has 6 nitrogen and oxygen atoms in total. The molecule has 2 rings (SSSR count). The van der Waals surface area contributed by atoms with Crippen LogP contribution in [0.4, 0.5) is 0 Å². The van der Waals surface area contributed by atoms with Crippen molar-refractivity contribution in [1.82, 2.24) is 15.2 Å².